The first-order valence-corrected chi connectivity index (χ1v) is 18.6. The van der Waals surface area contributed by atoms with E-state index in [1.165, 1.54) is 13.2 Å². The highest BCUT2D eigenvalue weighted by Crippen LogP contribution is 2.35. The number of carbonyl (C=O) groups is 3. The van der Waals surface area contributed by atoms with Gasteiger partial charge in [0.2, 0.25) is 5.91 Å². The van der Waals surface area contributed by atoms with E-state index in [0.29, 0.717) is 65.5 Å². The first kappa shape index (κ1) is 36.3. The Kier molecular flexibility index (Phi) is 10.3. The summed E-state index contributed by atoms with van der Waals surface area (Å²) in [6.45, 7) is 1.17. The number of alkyl carbamates (subject to hydrolysis) is 1. The normalized spacial score (nSPS) is 17.2. The lowest BCUT2D eigenvalue weighted by Crippen LogP contribution is -2.42. The number of aromatic nitrogens is 6. The van der Waals surface area contributed by atoms with E-state index < -0.39 is 18.0 Å². The Morgan fingerprint density at radius 1 is 0.786 bits per heavy atom. The van der Waals surface area contributed by atoms with Crippen molar-refractivity contribution in [1.82, 2.24) is 45.0 Å². The molecule has 2 aliphatic rings. The van der Waals surface area contributed by atoms with Crippen LogP contribution in [0.4, 0.5) is 9.18 Å². The molecule has 0 radical (unpaired) electrons. The molecule has 14 heteroatoms. The number of nitrogens with zero attached hydrogens (tertiary/aromatic N) is 6. The minimum atomic E-state index is -0.942. The largest absolute Gasteiger partial charge is 0.453 e. The highest BCUT2D eigenvalue weighted by Gasteiger charge is 2.37. The van der Waals surface area contributed by atoms with Gasteiger partial charge in [0.15, 0.2) is 5.82 Å². The predicted octanol–water partition coefficient (Wildman–Crippen LogP) is 6.73. The van der Waals surface area contributed by atoms with Crippen molar-refractivity contribution < 1.29 is 23.5 Å². The molecule has 5 heterocycles. The van der Waals surface area contributed by atoms with E-state index in [0.717, 1.165) is 36.3 Å². The van der Waals surface area contributed by atoms with Crippen molar-refractivity contribution in [2.24, 2.45) is 0 Å². The van der Waals surface area contributed by atoms with Crippen LogP contribution >= 0.6 is 0 Å². The summed E-state index contributed by atoms with van der Waals surface area (Å²) in [5.41, 5.74) is 4.32. The van der Waals surface area contributed by atoms with E-state index in [4.69, 9.17) is 4.74 Å². The number of carbonyl (C=O) groups excluding carboxylic acids is 3. The molecule has 0 bridgehead atoms. The average Bonchev–Trinajstić information content (AvgIpc) is 4.07. The molecule has 56 heavy (non-hydrogen) atoms. The summed E-state index contributed by atoms with van der Waals surface area (Å²) in [4.78, 5) is 67.6. The summed E-state index contributed by atoms with van der Waals surface area (Å²) < 4.78 is 20.5. The molecule has 6 aromatic rings. The molecule has 3 atom stereocenters. The molecule has 2 saturated heterocycles. The molecule has 2 fully saturated rings. The maximum absolute atomic E-state index is 15.7. The third kappa shape index (κ3) is 7.50. The molecule has 13 nitrogen and oxygen atoms in total. The second-order valence-electron chi connectivity index (χ2n) is 13.9. The monoisotopic (exact) mass is 753 g/mol. The maximum atomic E-state index is 15.7. The number of H-pyrrole nitrogens is 2. The molecule has 284 valence electrons. The van der Waals surface area contributed by atoms with Gasteiger partial charge in [-0.15, -0.1) is 0 Å². The molecular formula is C42H40FN9O4. The van der Waals surface area contributed by atoms with Crippen molar-refractivity contribution in [3.8, 4) is 33.9 Å². The minimum Gasteiger partial charge on any atom is -0.453 e. The van der Waals surface area contributed by atoms with Gasteiger partial charge in [-0.05, 0) is 48.9 Å². The van der Waals surface area contributed by atoms with Crippen molar-refractivity contribution >= 4 is 17.9 Å². The molecular weight excluding hydrogens is 714 g/mol. The third-order valence-electron chi connectivity index (χ3n) is 10.4. The van der Waals surface area contributed by atoms with Crippen LogP contribution in [0.1, 0.15) is 66.6 Å². The van der Waals surface area contributed by atoms with Crippen LogP contribution in [0.15, 0.2) is 104 Å². The first-order chi connectivity index (χ1) is 27.4. The van der Waals surface area contributed by atoms with Crippen molar-refractivity contribution in [1.29, 1.82) is 0 Å². The number of halogens is 1. The number of nitrogens with one attached hydrogen (secondary N) is 3. The average molecular weight is 754 g/mol. The number of hydrogen-bond acceptors (Lipinski definition) is 8. The van der Waals surface area contributed by atoms with Crippen LogP contribution < -0.4 is 5.32 Å². The van der Waals surface area contributed by atoms with E-state index in [1.54, 1.807) is 66.1 Å². The highest BCUT2D eigenvalue weighted by molar-refractivity contribution is 5.87. The van der Waals surface area contributed by atoms with Gasteiger partial charge in [0.05, 0.1) is 49.4 Å². The molecule has 3 aromatic heterocycles. The summed E-state index contributed by atoms with van der Waals surface area (Å²) in [6, 6.07) is 22.0. The van der Waals surface area contributed by atoms with E-state index in [2.05, 4.69) is 35.2 Å². The van der Waals surface area contributed by atoms with Crippen molar-refractivity contribution in [3.63, 3.8) is 0 Å². The SMILES string of the molecule is COC(=O)N[C@@H](C(=O)N1CCC[C@H]1c1ncc(-c2ccc(-c3ncc(-c4cnc([C@@H]5CCCN5C(=O)Cc5ccccc5)[nH]4)cn3)cc2F)[nH]1)c1ccccc1. The number of benzene rings is 3. The number of aromatic amines is 2. The Bertz CT molecular complexity index is 2330. The van der Waals surface area contributed by atoms with Crippen LogP contribution in [0.3, 0.4) is 0 Å². The van der Waals surface area contributed by atoms with Gasteiger partial charge in [0.25, 0.3) is 5.91 Å². The van der Waals surface area contributed by atoms with Gasteiger partial charge in [-0.2, -0.15) is 0 Å². The van der Waals surface area contributed by atoms with Crippen molar-refractivity contribution in [2.75, 3.05) is 20.2 Å². The number of hydrogen-bond donors (Lipinski definition) is 3. The fourth-order valence-corrected chi connectivity index (χ4v) is 7.60. The summed E-state index contributed by atoms with van der Waals surface area (Å²) >= 11 is 0. The number of rotatable bonds is 10. The minimum absolute atomic E-state index is 0.0755. The molecule has 2 aliphatic heterocycles. The van der Waals surface area contributed by atoms with Gasteiger partial charge in [-0.1, -0.05) is 66.7 Å². The number of likely N-dealkylation sites (tertiary alicyclic amines) is 2. The lowest BCUT2D eigenvalue weighted by molar-refractivity contribution is -0.134. The summed E-state index contributed by atoms with van der Waals surface area (Å²) in [5, 5.41) is 2.66. The molecule has 3 aromatic carbocycles. The smallest absolute Gasteiger partial charge is 0.407 e. The van der Waals surface area contributed by atoms with Gasteiger partial charge in [0.1, 0.15) is 23.5 Å². The van der Waals surface area contributed by atoms with Crippen LogP contribution in [-0.4, -0.2) is 77.8 Å². The Balaban J connectivity index is 0.941. The molecule has 0 aliphatic carbocycles. The molecule has 0 saturated carbocycles. The second-order valence-corrected chi connectivity index (χ2v) is 13.9. The number of methoxy groups -OCH3 is 1. The van der Waals surface area contributed by atoms with Crippen LogP contribution in [0, 0.1) is 5.82 Å². The van der Waals surface area contributed by atoms with Crippen LogP contribution in [0.2, 0.25) is 0 Å². The van der Waals surface area contributed by atoms with Gasteiger partial charge in [-0.3, -0.25) is 9.59 Å². The van der Waals surface area contributed by atoms with Crippen LogP contribution in [0.25, 0.3) is 33.9 Å². The number of imidazole rings is 2. The Morgan fingerprint density at radius 3 is 2.09 bits per heavy atom. The lowest BCUT2D eigenvalue weighted by atomic mass is 10.1. The van der Waals surface area contributed by atoms with E-state index >= 15 is 4.39 Å². The molecule has 3 amide bonds. The zero-order valence-corrected chi connectivity index (χ0v) is 30.7. The summed E-state index contributed by atoms with van der Waals surface area (Å²) in [7, 11) is 1.25. The van der Waals surface area contributed by atoms with Crippen molar-refractivity contribution in [2.45, 2.75) is 50.2 Å². The number of amides is 3. The summed E-state index contributed by atoms with van der Waals surface area (Å²) in [5.74, 6) is 0.902. The van der Waals surface area contributed by atoms with E-state index in [-0.39, 0.29) is 23.9 Å². The summed E-state index contributed by atoms with van der Waals surface area (Å²) in [6.07, 6.45) is 9.37. The van der Waals surface area contributed by atoms with Gasteiger partial charge >= 0.3 is 6.09 Å². The van der Waals surface area contributed by atoms with E-state index in [9.17, 15) is 14.4 Å². The maximum Gasteiger partial charge on any atom is 0.407 e. The first-order valence-electron chi connectivity index (χ1n) is 18.6. The van der Waals surface area contributed by atoms with Gasteiger partial charge in [0, 0.05) is 42.2 Å². The van der Waals surface area contributed by atoms with Gasteiger partial charge in [-0.25, -0.2) is 29.1 Å². The van der Waals surface area contributed by atoms with Crippen molar-refractivity contribution in [3.05, 3.63) is 132 Å². The molecule has 8 rings (SSSR count). The van der Waals surface area contributed by atoms with E-state index in [1.807, 2.05) is 41.3 Å². The second kappa shape index (κ2) is 16.0. The lowest BCUT2D eigenvalue weighted by Gasteiger charge is -2.28. The van der Waals surface area contributed by atoms with Crippen LogP contribution in [0.5, 0.6) is 0 Å². The highest BCUT2D eigenvalue weighted by atomic mass is 19.1. The topological polar surface area (TPSA) is 162 Å². The predicted molar refractivity (Wildman–Crippen MR) is 205 cm³/mol. The standard InChI is InChI=1S/C42H40FN9O4/c1-56-42(55)50-37(27-12-6-3-7-13-27)41(54)52-19-9-15-35(52)40-47-25-33(49-40)30-17-16-28(21-31(30)43)38-44-22-29(23-45-38)32-24-46-39(48-32)34-14-8-18-51(34)36(53)20-26-10-4-2-5-11-26/h2-7,10-13,16-17,21-25,34-35,37H,8-9,14-15,18-20H2,1H3,(H,46,48)(H,47,49)(H,50,55)/t34-,35-,37+/m0/s1. The molecule has 0 spiro atoms. The molecule has 0 unspecified atom stereocenters. The van der Waals surface area contributed by atoms with Crippen LogP contribution in [-0.2, 0) is 20.7 Å². The fraction of sp³-hybridized carbons (Fsp3) is 0.262. The zero-order chi connectivity index (χ0) is 38.6. The third-order valence-corrected chi connectivity index (χ3v) is 10.4. The molecule has 3 N–H and O–H groups in total. The fourth-order valence-electron chi connectivity index (χ4n) is 7.60. The Hall–Kier alpha value is -6.70. The zero-order valence-electron chi connectivity index (χ0n) is 30.7. The van der Waals surface area contributed by atoms with Gasteiger partial charge < -0.3 is 29.8 Å². The number of ether oxygens (including phenoxy) is 1. The Morgan fingerprint density at radius 2 is 1.41 bits per heavy atom. The quantitative estimate of drug-likeness (QED) is 0.139. The Labute approximate surface area is 322 Å².